The number of carbonyl (C=O) groups is 1. The zero-order chi connectivity index (χ0) is 33.6. The van der Waals surface area contributed by atoms with Gasteiger partial charge in [-0.2, -0.15) is 15.0 Å². The SMILES string of the molecule is C=CC(=O)N1CC[C@H](Oc2cc(O[C@@H](C)[C@@H](C)C[C@@H](F)CNC)nc(-c3noc(C(C)(C)c4c(P)cccc4Cl)n3)n2)C[C@H]1CC. The number of amides is 1. The molecule has 6 atom stereocenters. The van der Waals surface area contributed by atoms with E-state index in [0.29, 0.717) is 36.7 Å². The topological polar surface area (TPSA) is 116 Å². The van der Waals surface area contributed by atoms with E-state index < -0.39 is 11.6 Å². The molecule has 10 nitrogen and oxygen atoms in total. The Morgan fingerprint density at radius 1 is 1.28 bits per heavy atom. The number of hydrogen-bond donors (Lipinski definition) is 1. The van der Waals surface area contributed by atoms with Crippen LogP contribution >= 0.6 is 20.8 Å². The van der Waals surface area contributed by atoms with Gasteiger partial charge in [-0.25, -0.2) is 4.39 Å². The van der Waals surface area contributed by atoms with Crippen LogP contribution in [0.3, 0.4) is 0 Å². The number of alkyl halides is 1. The molecule has 1 aliphatic heterocycles. The molecule has 3 heterocycles. The molecule has 1 N–H and O–H groups in total. The molecule has 0 saturated carbocycles. The molecule has 0 aliphatic carbocycles. The van der Waals surface area contributed by atoms with Crippen molar-refractivity contribution < 1.29 is 23.2 Å². The van der Waals surface area contributed by atoms with Gasteiger partial charge < -0.3 is 24.2 Å². The average Bonchev–Trinajstić information content (AvgIpc) is 3.52. The maximum atomic E-state index is 14.4. The lowest BCUT2D eigenvalue weighted by Gasteiger charge is -2.38. The van der Waals surface area contributed by atoms with Crippen molar-refractivity contribution in [2.45, 2.75) is 90.1 Å². The highest BCUT2D eigenvalue weighted by Gasteiger charge is 2.35. The fraction of sp³-hybridized carbons (Fsp3) is 0.545. The molecule has 4 rings (SSSR count). The molecule has 0 spiro atoms. The number of aromatic nitrogens is 4. The third-order valence-corrected chi connectivity index (χ3v) is 9.35. The van der Waals surface area contributed by atoms with E-state index in [0.717, 1.165) is 17.3 Å². The molecule has 1 unspecified atom stereocenters. The summed E-state index contributed by atoms with van der Waals surface area (Å²) in [6.45, 7) is 14.2. The number of ether oxygens (including phenoxy) is 2. The summed E-state index contributed by atoms with van der Waals surface area (Å²) < 4.78 is 32.8. The summed E-state index contributed by atoms with van der Waals surface area (Å²) >= 11 is 6.59. The maximum absolute atomic E-state index is 14.4. The van der Waals surface area contributed by atoms with Crippen molar-refractivity contribution in [2.24, 2.45) is 5.92 Å². The van der Waals surface area contributed by atoms with E-state index >= 15 is 0 Å². The fourth-order valence-corrected chi connectivity index (χ4v) is 6.93. The van der Waals surface area contributed by atoms with E-state index in [9.17, 15) is 9.18 Å². The van der Waals surface area contributed by atoms with Crippen LogP contribution in [0.25, 0.3) is 11.6 Å². The van der Waals surface area contributed by atoms with Crippen LogP contribution in [-0.4, -0.2) is 75.5 Å². The predicted molar refractivity (Wildman–Crippen MR) is 181 cm³/mol. The number of rotatable bonds is 14. The molecule has 0 bridgehead atoms. The molecule has 0 radical (unpaired) electrons. The number of nitrogens with one attached hydrogen (secondary N) is 1. The second-order valence-corrected chi connectivity index (χ2v) is 13.4. The number of benzene rings is 1. The molecular formula is C33H45ClFN6O4P. The van der Waals surface area contributed by atoms with Crippen molar-refractivity contribution in [3.63, 3.8) is 0 Å². The third kappa shape index (κ3) is 8.41. The second kappa shape index (κ2) is 15.6. The van der Waals surface area contributed by atoms with Crippen molar-refractivity contribution in [1.29, 1.82) is 0 Å². The lowest BCUT2D eigenvalue weighted by atomic mass is 9.84. The van der Waals surface area contributed by atoms with Crippen molar-refractivity contribution in [2.75, 3.05) is 20.1 Å². The lowest BCUT2D eigenvalue weighted by molar-refractivity contribution is -0.131. The van der Waals surface area contributed by atoms with Crippen LogP contribution in [0.15, 0.2) is 41.4 Å². The number of piperidine rings is 1. The van der Waals surface area contributed by atoms with Gasteiger partial charge in [0.2, 0.25) is 35.2 Å². The Balaban J connectivity index is 1.64. The highest BCUT2D eigenvalue weighted by molar-refractivity contribution is 7.27. The summed E-state index contributed by atoms with van der Waals surface area (Å²) in [5.41, 5.74) is 0.123. The van der Waals surface area contributed by atoms with Gasteiger partial charge in [0.05, 0.1) is 11.5 Å². The summed E-state index contributed by atoms with van der Waals surface area (Å²) in [7, 11) is 4.43. The van der Waals surface area contributed by atoms with E-state index in [1.165, 1.54) is 6.08 Å². The van der Waals surface area contributed by atoms with E-state index in [1.807, 2.05) is 57.7 Å². The number of hydrogen-bond acceptors (Lipinski definition) is 9. The molecule has 1 aromatic carbocycles. The molecule has 13 heteroatoms. The van der Waals surface area contributed by atoms with E-state index in [1.54, 1.807) is 13.1 Å². The van der Waals surface area contributed by atoms with Crippen LogP contribution in [0.5, 0.6) is 11.8 Å². The van der Waals surface area contributed by atoms with Crippen LogP contribution in [0.1, 0.15) is 71.8 Å². The second-order valence-electron chi connectivity index (χ2n) is 12.4. The predicted octanol–water partition coefficient (Wildman–Crippen LogP) is 5.69. The fourth-order valence-electron chi connectivity index (χ4n) is 5.79. The first kappa shape index (κ1) is 35.7. The Kier molecular flexibility index (Phi) is 12.1. The summed E-state index contributed by atoms with van der Waals surface area (Å²) in [5, 5.41) is 8.59. The van der Waals surface area contributed by atoms with E-state index in [-0.39, 0.29) is 60.0 Å². The van der Waals surface area contributed by atoms with Crippen molar-refractivity contribution in [3.05, 3.63) is 53.4 Å². The first-order valence-corrected chi connectivity index (χ1v) is 16.7. The largest absolute Gasteiger partial charge is 0.474 e. The Morgan fingerprint density at radius 2 is 2.02 bits per heavy atom. The Morgan fingerprint density at radius 3 is 2.70 bits per heavy atom. The van der Waals surface area contributed by atoms with Gasteiger partial charge in [0, 0.05) is 37.0 Å². The van der Waals surface area contributed by atoms with E-state index in [4.69, 9.17) is 25.6 Å². The molecule has 46 heavy (non-hydrogen) atoms. The average molecular weight is 675 g/mol. The Hall–Kier alpha value is -3.14. The summed E-state index contributed by atoms with van der Waals surface area (Å²) in [5.74, 6) is 1.00. The van der Waals surface area contributed by atoms with Crippen LogP contribution in [0.4, 0.5) is 4.39 Å². The quantitative estimate of drug-likeness (QED) is 0.170. The molecule has 2 aromatic heterocycles. The smallest absolute Gasteiger partial charge is 0.246 e. The normalized spacial score (nSPS) is 18.9. The minimum absolute atomic E-state index is 0.0156. The molecule has 1 fully saturated rings. The first-order chi connectivity index (χ1) is 21.9. The van der Waals surface area contributed by atoms with Crippen LogP contribution in [0, 0.1) is 5.92 Å². The number of carbonyl (C=O) groups excluding carboxylic acids is 1. The minimum Gasteiger partial charge on any atom is -0.474 e. The summed E-state index contributed by atoms with van der Waals surface area (Å²) in [6, 6.07) is 7.30. The lowest BCUT2D eigenvalue weighted by Crippen LogP contribution is -2.48. The van der Waals surface area contributed by atoms with Crippen LogP contribution in [-0.2, 0) is 10.2 Å². The van der Waals surface area contributed by atoms with Crippen LogP contribution in [0.2, 0.25) is 5.02 Å². The standard InChI is InChI=1S/C33H45ClFN6O4P/c1-8-22-16-23(13-14-41(22)28(42)9-2)44-27-17-26(43-20(4)19(3)15-21(35)18-36-7)37-30(38-27)31-39-32(45-40-31)33(5,6)29-24(34)11-10-12-25(29)46/h9-12,17,19-23,36H,2,8,13-16,18,46H2,1,3-7H3/t19-,20-,21+,22+,23-/m0/s1. The van der Waals surface area contributed by atoms with Gasteiger partial charge in [0.25, 0.3) is 0 Å². The molecule has 1 aliphatic rings. The minimum atomic E-state index is -1.00. The highest BCUT2D eigenvalue weighted by Crippen LogP contribution is 2.36. The maximum Gasteiger partial charge on any atom is 0.246 e. The van der Waals surface area contributed by atoms with Gasteiger partial charge in [-0.1, -0.05) is 49.3 Å². The molecule has 250 valence electrons. The Bertz CT molecular complexity index is 1490. The molecule has 3 aromatic rings. The van der Waals surface area contributed by atoms with E-state index in [2.05, 4.69) is 41.2 Å². The molecular weight excluding hydrogens is 630 g/mol. The number of likely N-dealkylation sites (tertiary alicyclic amines) is 1. The number of halogens is 2. The first-order valence-electron chi connectivity index (χ1n) is 15.7. The zero-order valence-corrected chi connectivity index (χ0v) is 29.3. The monoisotopic (exact) mass is 674 g/mol. The van der Waals surface area contributed by atoms with Crippen molar-refractivity contribution in [1.82, 2.24) is 30.3 Å². The van der Waals surface area contributed by atoms with Gasteiger partial charge >= 0.3 is 0 Å². The van der Waals surface area contributed by atoms with Gasteiger partial charge in [0.15, 0.2) is 0 Å². The zero-order valence-electron chi connectivity index (χ0n) is 27.4. The van der Waals surface area contributed by atoms with Crippen molar-refractivity contribution in [3.8, 4) is 23.4 Å². The van der Waals surface area contributed by atoms with Gasteiger partial charge in [-0.3, -0.25) is 4.79 Å². The summed E-state index contributed by atoms with van der Waals surface area (Å²) in [6.07, 6.45) is 2.17. The van der Waals surface area contributed by atoms with Crippen LogP contribution < -0.4 is 20.1 Å². The molecule has 1 saturated heterocycles. The Labute approximate surface area is 278 Å². The third-order valence-electron chi connectivity index (χ3n) is 8.56. The number of nitrogens with zero attached hydrogens (tertiary/aromatic N) is 5. The summed E-state index contributed by atoms with van der Waals surface area (Å²) in [4.78, 5) is 28.2. The van der Waals surface area contributed by atoms with Gasteiger partial charge in [0.1, 0.15) is 18.4 Å². The highest BCUT2D eigenvalue weighted by atomic mass is 35.5. The molecule has 1 amide bonds. The van der Waals surface area contributed by atoms with Gasteiger partial charge in [-0.05, 0) is 69.6 Å². The van der Waals surface area contributed by atoms with Gasteiger partial charge in [-0.15, -0.1) is 9.24 Å². The van der Waals surface area contributed by atoms with Crippen molar-refractivity contribution >= 4 is 32.1 Å².